The van der Waals surface area contributed by atoms with E-state index in [1.807, 2.05) is 0 Å². The van der Waals surface area contributed by atoms with E-state index in [1.54, 1.807) is 19.9 Å². The normalized spacial score (nSPS) is 16.5. The third kappa shape index (κ3) is 3.86. The topological polar surface area (TPSA) is 59.8 Å². The van der Waals surface area contributed by atoms with Crippen LogP contribution in [0.1, 0.15) is 42.8 Å². The molecule has 0 aliphatic heterocycles. The number of pyridine rings is 1. The zero-order chi connectivity index (χ0) is 22.6. The average molecular weight is 438 g/mol. The van der Waals surface area contributed by atoms with Crippen molar-refractivity contribution in [3.63, 3.8) is 0 Å². The van der Waals surface area contributed by atoms with E-state index in [0.717, 1.165) is 16.7 Å². The number of benzene rings is 1. The number of anilines is 1. The van der Waals surface area contributed by atoms with Crippen molar-refractivity contribution in [1.29, 1.82) is 0 Å². The molecule has 1 aromatic carbocycles. The summed E-state index contributed by atoms with van der Waals surface area (Å²) in [6, 6.07) is 5.50. The van der Waals surface area contributed by atoms with Crippen LogP contribution < -0.4 is 10.9 Å². The predicted molar refractivity (Wildman–Crippen MR) is 105 cm³/mol. The third-order valence-electron chi connectivity index (χ3n) is 5.56. The zero-order valence-corrected chi connectivity index (χ0v) is 16.7. The van der Waals surface area contributed by atoms with Gasteiger partial charge in [0, 0.05) is 18.3 Å². The van der Waals surface area contributed by atoms with Crippen LogP contribution in [-0.4, -0.2) is 21.0 Å². The molecular formula is C21H19F5N4O. The number of alkyl halides is 5. The van der Waals surface area contributed by atoms with E-state index >= 15 is 0 Å². The summed E-state index contributed by atoms with van der Waals surface area (Å²) in [5, 5.41) is 3.39. The van der Waals surface area contributed by atoms with Crippen LogP contribution in [0, 0.1) is 6.92 Å². The van der Waals surface area contributed by atoms with Gasteiger partial charge in [-0.25, -0.2) is 18.7 Å². The lowest BCUT2D eigenvalue weighted by Crippen LogP contribution is -2.35. The Morgan fingerprint density at radius 1 is 1.16 bits per heavy atom. The second kappa shape index (κ2) is 7.28. The van der Waals surface area contributed by atoms with Crippen LogP contribution in [0.15, 0.2) is 41.3 Å². The largest absolute Gasteiger partial charge is 0.416 e. The van der Waals surface area contributed by atoms with Crippen molar-refractivity contribution in [2.75, 3.05) is 5.32 Å². The highest BCUT2D eigenvalue weighted by molar-refractivity contribution is 5.88. The summed E-state index contributed by atoms with van der Waals surface area (Å²) in [6.07, 6.45) is -5.48. The molecule has 0 saturated heterocycles. The van der Waals surface area contributed by atoms with E-state index in [-0.39, 0.29) is 24.2 Å². The van der Waals surface area contributed by atoms with Gasteiger partial charge in [-0.2, -0.15) is 13.2 Å². The minimum absolute atomic E-state index is 0.187. The van der Waals surface area contributed by atoms with Crippen LogP contribution in [0.25, 0.3) is 10.9 Å². The summed E-state index contributed by atoms with van der Waals surface area (Å²) in [5.41, 5.74) is -2.24. The highest BCUT2D eigenvalue weighted by Gasteiger charge is 2.53. The molecule has 3 aromatic rings. The Balaban J connectivity index is 1.76. The van der Waals surface area contributed by atoms with E-state index in [2.05, 4.69) is 15.3 Å². The molecule has 4 rings (SSSR count). The molecular weight excluding hydrogens is 419 g/mol. The highest BCUT2D eigenvalue weighted by Crippen LogP contribution is 2.48. The Morgan fingerprint density at radius 3 is 2.48 bits per heavy atom. The number of halogens is 5. The molecule has 0 spiro atoms. The fraction of sp³-hybridized carbons (Fsp3) is 0.381. The molecule has 0 bridgehead atoms. The number of aromatic nitrogens is 3. The molecule has 10 heteroatoms. The molecule has 2 aromatic heterocycles. The van der Waals surface area contributed by atoms with Gasteiger partial charge in [-0.05, 0) is 44.4 Å². The predicted octanol–water partition coefficient (Wildman–Crippen LogP) is 5.05. The molecule has 0 radical (unpaired) electrons. The van der Waals surface area contributed by atoms with Gasteiger partial charge in [0.2, 0.25) is 0 Å². The number of nitrogens with zero attached hydrogens (tertiary/aromatic N) is 3. The van der Waals surface area contributed by atoms with Crippen molar-refractivity contribution in [2.45, 2.75) is 50.9 Å². The van der Waals surface area contributed by atoms with Crippen LogP contribution in [0.3, 0.4) is 0 Å². The van der Waals surface area contributed by atoms with E-state index in [0.29, 0.717) is 16.8 Å². The van der Waals surface area contributed by atoms with Crippen molar-refractivity contribution in [3.8, 4) is 0 Å². The lowest BCUT2D eigenvalue weighted by molar-refractivity contribution is -0.137. The Hall–Kier alpha value is -3.04. The lowest BCUT2D eigenvalue weighted by Gasteiger charge is -2.21. The maximum absolute atomic E-state index is 13.6. The Morgan fingerprint density at radius 2 is 1.87 bits per heavy atom. The van der Waals surface area contributed by atoms with Gasteiger partial charge in [-0.3, -0.25) is 4.79 Å². The Kier molecular flexibility index (Phi) is 4.98. The second-order valence-corrected chi connectivity index (χ2v) is 7.79. The quantitative estimate of drug-likeness (QED) is 0.567. The van der Waals surface area contributed by atoms with E-state index in [4.69, 9.17) is 0 Å². The number of aryl methyl sites for hydroxylation is 1. The molecule has 1 atom stereocenters. The zero-order valence-electron chi connectivity index (χ0n) is 16.7. The van der Waals surface area contributed by atoms with Crippen molar-refractivity contribution in [3.05, 3.63) is 63.8 Å². The lowest BCUT2D eigenvalue weighted by atomic mass is 10.0. The molecule has 1 fully saturated rings. The summed E-state index contributed by atoms with van der Waals surface area (Å²) in [5.74, 6) is 0.588. The van der Waals surface area contributed by atoms with E-state index in [9.17, 15) is 26.7 Å². The Bertz CT molecular complexity index is 1200. The minimum atomic E-state index is -4.47. The van der Waals surface area contributed by atoms with Crippen LogP contribution in [0.2, 0.25) is 0 Å². The second-order valence-electron chi connectivity index (χ2n) is 7.79. The molecule has 1 N–H and O–H groups in total. The highest BCUT2D eigenvalue weighted by atomic mass is 19.4. The van der Waals surface area contributed by atoms with Gasteiger partial charge in [-0.1, -0.05) is 12.1 Å². The van der Waals surface area contributed by atoms with Crippen LogP contribution in [0.4, 0.5) is 27.8 Å². The molecule has 164 valence electrons. The van der Waals surface area contributed by atoms with Crippen LogP contribution in [-0.2, 0) is 11.7 Å². The van der Waals surface area contributed by atoms with Gasteiger partial charge in [-0.15, -0.1) is 0 Å². The first-order valence-corrected chi connectivity index (χ1v) is 9.65. The molecule has 2 heterocycles. The maximum Gasteiger partial charge on any atom is 0.416 e. The summed E-state index contributed by atoms with van der Waals surface area (Å²) in [6.45, 7) is 3.27. The van der Waals surface area contributed by atoms with Gasteiger partial charge < -0.3 is 9.88 Å². The van der Waals surface area contributed by atoms with Crippen molar-refractivity contribution in [2.24, 2.45) is 0 Å². The standard InChI is InChI=1S/C21H19F5N4O/c1-11(13-4-3-5-14(8-13)21(24,25)26)27-18-15-10-30(20(6-7-20)19(22)23)17(31)9-16(15)28-12(2)29-18/h3-5,8-11,19H,6-7H2,1-2H3,(H,27,28,29)/t11-/m1/s1. The first kappa shape index (κ1) is 21.2. The van der Waals surface area contributed by atoms with E-state index < -0.39 is 35.3 Å². The SMILES string of the molecule is Cc1nc(N[C@H](C)c2cccc(C(F)(F)F)c2)c2cn(C3(C(F)F)CC3)c(=O)cc2n1. The van der Waals surface area contributed by atoms with Crippen molar-refractivity contribution >= 4 is 16.7 Å². The molecule has 0 unspecified atom stereocenters. The monoisotopic (exact) mass is 438 g/mol. The fourth-order valence-electron chi connectivity index (χ4n) is 3.64. The first-order valence-electron chi connectivity index (χ1n) is 9.65. The van der Waals surface area contributed by atoms with Crippen molar-refractivity contribution in [1.82, 2.24) is 14.5 Å². The molecule has 5 nitrogen and oxygen atoms in total. The number of nitrogens with one attached hydrogen (secondary N) is 1. The summed E-state index contributed by atoms with van der Waals surface area (Å²) >= 11 is 0. The van der Waals surface area contributed by atoms with Crippen LogP contribution in [0.5, 0.6) is 0 Å². The molecule has 1 aliphatic carbocycles. The van der Waals surface area contributed by atoms with Gasteiger partial charge in [0.05, 0.1) is 16.5 Å². The molecule has 0 amide bonds. The number of rotatable bonds is 5. The summed E-state index contributed by atoms with van der Waals surface area (Å²) in [7, 11) is 0. The maximum atomic E-state index is 13.6. The summed E-state index contributed by atoms with van der Waals surface area (Å²) in [4.78, 5) is 21.0. The molecule has 1 aliphatic rings. The molecule has 31 heavy (non-hydrogen) atoms. The van der Waals surface area contributed by atoms with Gasteiger partial charge in [0.25, 0.3) is 12.0 Å². The van der Waals surface area contributed by atoms with Gasteiger partial charge in [0.1, 0.15) is 17.2 Å². The number of fused-ring (bicyclic) bond motifs is 1. The molecule has 1 saturated carbocycles. The van der Waals surface area contributed by atoms with E-state index in [1.165, 1.54) is 18.3 Å². The van der Waals surface area contributed by atoms with Gasteiger partial charge in [0.15, 0.2) is 0 Å². The fourth-order valence-corrected chi connectivity index (χ4v) is 3.64. The first-order chi connectivity index (χ1) is 14.5. The Labute approximate surface area is 173 Å². The average Bonchev–Trinajstić information content (AvgIpc) is 3.48. The van der Waals surface area contributed by atoms with Crippen molar-refractivity contribution < 1.29 is 22.0 Å². The van der Waals surface area contributed by atoms with Crippen LogP contribution >= 0.6 is 0 Å². The third-order valence-corrected chi connectivity index (χ3v) is 5.56. The number of hydrogen-bond donors (Lipinski definition) is 1. The minimum Gasteiger partial charge on any atom is -0.363 e. The van der Waals surface area contributed by atoms with Gasteiger partial charge >= 0.3 is 6.18 Å². The summed E-state index contributed by atoms with van der Waals surface area (Å²) < 4.78 is 67.3. The smallest absolute Gasteiger partial charge is 0.363 e. The number of hydrogen-bond acceptors (Lipinski definition) is 4.